The molecule has 1 saturated carbocycles. The second-order valence-corrected chi connectivity index (χ2v) is 7.08. The molecule has 0 aromatic carbocycles. The largest absolute Gasteiger partial charge is 0.478 e. The molecular formula is C12H19N3O5S. The zero-order valence-corrected chi connectivity index (χ0v) is 12.3. The van der Waals surface area contributed by atoms with E-state index in [1.165, 1.54) is 0 Å². The highest BCUT2D eigenvalue weighted by Crippen LogP contribution is 2.26. The molecule has 21 heavy (non-hydrogen) atoms. The summed E-state index contributed by atoms with van der Waals surface area (Å²) in [4.78, 5) is 10.9. The van der Waals surface area contributed by atoms with Crippen LogP contribution in [0.15, 0.2) is 11.2 Å². The Labute approximate surface area is 122 Å². The lowest BCUT2D eigenvalue weighted by Crippen LogP contribution is -2.42. The minimum Gasteiger partial charge on any atom is -0.478 e. The van der Waals surface area contributed by atoms with Gasteiger partial charge in [-0.1, -0.05) is 25.7 Å². The molecule has 0 saturated heterocycles. The van der Waals surface area contributed by atoms with E-state index >= 15 is 0 Å². The first-order valence-electron chi connectivity index (χ1n) is 6.83. The van der Waals surface area contributed by atoms with Crippen LogP contribution >= 0.6 is 0 Å². The van der Waals surface area contributed by atoms with Crippen molar-refractivity contribution in [3.63, 3.8) is 0 Å². The molecule has 8 nitrogen and oxygen atoms in total. The van der Waals surface area contributed by atoms with Gasteiger partial charge in [-0.3, -0.25) is 5.10 Å². The van der Waals surface area contributed by atoms with Crippen LogP contribution in [0.4, 0.5) is 0 Å². The van der Waals surface area contributed by atoms with Crippen LogP contribution < -0.4 is 4.72 Å². The number of aromatic carboxylic acids is 1. The Hall–Kier alpha value is -1.45. The maximum absolute atomic E-state index is 12.1. The lowest BCUT2D eigenvalue weighted by Gasteiger charge is -2.26. The van der Waals surface area contributed by atoms with Crippen molar-refractivity contribution in [2.45, 2.75) is 49.2 Å². The molecule has 1 aromatic rings. The van der Waals surface area contributed by atoms with Crippen LogP contribution in [0.3, 0.4) is 0 Å². The van der Waals surface area contributed by atoms with Crippen molar-refractivity contribution < 1.29 is 23.4 Å². The number of rotatable bonds is 5. The molecule has 0 amide bonds. The van der Waals surface area contributed by atoms with Crippen LogP contribution in [0.25, 0.3) is 0 Å². The van der Waals surface area contributed by atoms with E-state index in [1.807, 2.05) is 0 Å². The Morgan fingerprint density at radius 1 is 1.33 bits per heavy atom. The number of nitrogens with one attached hydrogen (secondary N) is 2. The van der Waals surface area contributed by atoms with Gasteiger partial charge in [0.2, 0.25) is 0 Å². The SMILES string of the molecule is O=C(O)c1cn[nH]c1S(=O)(=O)NCC1(O)CCCCCC1. The summed E-state index contributed by atoms with van der Waals surface area (Å²) in [5.74, 6) is -1.38. The number of aromatic amines is 1. The summed E-state index contributed by atoms with van der Waals surface area (Å²) in [6.45, 7) is -0.132. The Kier molecular flexibility index (Phi) is 4.64. The summed E-state index contributed by atoms with van der Waals surface area (Å²) in [5, 5.41) is 24.5. The normalized spacial score (nSPS) is 19.1. The molecule has 0 atom stereocenters. The van der Waals surface area contributed by atoms with E-state index in [-0.39, 0.29) is 6.54 Å². The number of carboxylic acid groups (broad SMARTS) is 1. The van der Waals surface area contributed by atoms with Crippen LogP contribution in [0.5, 0.6) is 0 Å². The highest BCUT2D eigenvalue weighted by atomic mass is 32.2. The topological polar surface area (TPSA) is 132 Å². The minimum absolute atomic E-state index is 0.132. The monoisotopic (exact) mass is 317 g/mol. The molecule has 0 radical (unpaired) electrons. The fraction of sp³-hybridized carbons (Fsp3) is 0.667. The van der Waals surface area contributed by atoms with E-state index in [9.17, 15) is 18.3 Å². The molecule has 9 heteroatoms. The van der Waals surface area contributed by atoms with Gasteiger partial charge in [-0.15, -0.1) is 0 Å². The quantitative estimate of drug-likeness (QED) is 0.584. The zero-order valence-electron chi connectivity index (χ0n) is 11.5. The molecule has 1 aliphatic rings. The third-order valence-electron chi connectivity index (χ3n) is 3.73. The Bertz CT molecular complexity index is 602. The highest BCUT2D eigenvalue weighted by Gasteiger charge is 2.32. The predicted molar refractivity (Wildman–Crippen MR) is 73.4 cm³/mol. The first-order chi connectivity index (χ1) is 9.84. The van der Waals surface area contributed by atoms with E-state index in [0.717, 1.165) is 31.9 Å². The van der Waals surface area contributed by atoms with Crippen molar-refractivity contribution in [1.29, 1.82) is 0 Å². The molecule has 4 N–H and O–H groups in total. The second kappa shape index (κ2) is 6.12. The van der Waals surface area contributed by atoms with Crippen molar-refractivity contribution >= 4 is 16.0 Å². The number of carbonyl (C=O) groups is 1. The van der Waals surface area contributed by atoms with Crippen molar-refractivity contribution in [3.05, 3.63) is 11.8 Å². The van der Waals surface area contributed by atoms with E-state index in [1.54, 1.807) is 0 Å². The fourth-order valence-corrected chi connectivity index (χ4v) is 3.70. The van der Waals surface area contributed by atoms with Gasteiger partial charge in [0.25, 0.3) is 10.0 Å². The summed E-state index contributed by atoms with van der Waals surface area (Å²) in [5.41, 5.74) is -1.50. The summed E-state index contributed by atoms with van der Waals surface area (Å²) in [6.07, 6.45) is 5.76. The Balaban J connectivity index is 2.10. The van der Waals surface area contributed by atoms with E-state index in [2.05, 4.69) is 14.9 Å². The maximum Gasteiger partial charge on any atom is 0.340 e. The van der Waals surface area contributed by atoms with Gasteiger partial charge in [0, 0.05) is 6.54 Å². The third kappa shape index (κ3) is 3.80. The highest BCUT2D eigenvalue weighted by molar-refractivity contribution is 7.89. The van der Waals surface area contributed by atoms with Crippen LogP contribution in [-0.4, -0.2) is 46.9 Å². The summed E-state index contributed by atoms with van der Waals surface area (Å²) in [6, 6.07) is 0. The van der Waals surface area contributed by atoms with Gasteiger partial charge in [-0.25, -0.2) is 17.9 Å². The Morgan fingerprint density at radius 2 is 1.95 bits per heavy atom. The fourth-order valence-electron chi connectivity index (χ4n) is 2.50. The molecule has 1 aromatic heterocycles. The zero-order chi connectivity index (χ0) is 15.5. The van der Waals surface area contributed by atoms with Crippen molar-refractivity contribution in [1.82, 2.24) is 14.9 Å². The molecule has 0 unspecified atom stereocenters. The van der Waals surface area contributed by atoms with Crippen LogP contribution in [0, 0.1) is 0 Å². The molecule has 118 valence electrons. The van der Waals surface area contributed by atoms with Gasteiger partial charge in [0.15, 0.2) is 5.03 Å². The maximum atomic E-state index is 12.1. The van der Waals surface area contributed by atoms with Crippen molar-refractivity contribution in [2.75, 3.05) is 6.54 Å². The number of hydrogen-bond donors (Lipinski definition) is 4. The molecule has 0 spiro atoms. The number of sulfonamides is 1. The van der Waals surface area contributed by atoms with Gasteiger partial charge < -0.3 is 10.2 Å². The van der Waals surface area contributed by atoms with Gasteiger partial charge in [-0.05, 0) is 12.8 Å². The van der Waals surface area contributed by atoms with Crippen molar-refractivity contribution in [3.8, 4) is 0 Å². The molecule has 1 heterocycles. The van der Waals surface area contributed by atoms with Crippen LogP contribution in [0.2, 0.25) is 0 Å². The average Bonchev–Trinajstić information content (AvgIpc) is 2.82. The number of H-pyrrole nitrogens is 1. The second-order valence-electron chi connectivity index (χ2n) is 5.38. The van der Waals surface area contributed by atoms with Crippen molar-refractivity contribution in [2.24, 2.45) is 0 Å². The number of carboxylic acids is 1. The smallest absolute Gasteiger partial charge is 0.340 e. The standard InChI is InChI=1S/C12H19N3O5S/c16-11(17)9-7-13-15-10(9)21(19,20)14-8-12(18)5-3-1-2-4-6-12/h7,14,18H,1-6,8H2,(H,13,15)(H,16,17). The molecule has 1 aliphatic carbocycles. The summed E-state index contributed by atoms with van der Waals surface area (Å²) in [7, 11) is -4.05. The predicted octanol–water partition coefficient (Wildman–Crippen LogP) is 0.471. The van der Waals surface area contributed by atoms with Gasteiger partial charge in [0.05, 0.1) is 11.8 Å². The molecular weight excluding hydrogens is 298 g/mol. The first-order valence-corrected chi connectivity index (χ1v) is 8.31. The lowest BCUT2D eigenvalue weighted by atomic mass is 9.95. The molecule has 0 bridgehead atoms. The van der Waals surface area contributed by atoms with Gasteiger partial charge in [-0.2, -0.15) is 5.10 Å². The minimum atomic E-state index is -4.05. The number of aromatic nitrogens is 2. The van der Waals surface area contributed by atoms with E-state index in [0.29, 0.717) is 12.8 Å². The molecule has 0 aliphatic heterocycles. The molecule has 1 fully saturated rings. The third-order valence-corrected chi connectivity index (χ3v) is 5.10. The summed E-state index contributed by atoms with van der Waals surface area (Å²) < 4.78 is 26.5. The van der Waals surface area contributed by atoms with Crippen LogP contribution in [0.1, 0.15) is 48.9 Å². The first kappa shape index (κ1) is 15.9. The Morgan fingerprint density at radius 3 is 2.52 bits per heavy atom. The summed E-state index contributed by atoms with van der Waals surface area (Å²) >= 11 is 0. The van der Waals surface area contributed by atoms with E-state index < -0.39 is 32.2 Å². The number of aliphatic hydroxyl groups is 1. The number of hydrogen-bond acceptors (Lipinski definition) is 5. The molecule has 2 rings (SSSR count). The average molecular weight is 317 g/mol. The number of nitrogens with zero attached hydrogens (tertiary/aromatic N) is 1. The van der Waals surface area contributed by atoms with E-state index in [4.69, 9.17) is 5.11 Å². The van der Waals surface area contributed by atoms with Crippen LogP contribution in [-0.2, 0) is 10.0 Å². The van der Waals surface area contributed by atoms with Gasteiger partial charge >= 0.3 is 5.97 Å². The van der Waals surface area contributed by atoms with Gasteiger partial charge in [0.1, 0.15) is 5.56 Å². The lowest BCUT2D eigenvalue weighted by molar-refractivity contribution is 0.0303.